The maximum atomic E-state index is 12.5. The number of carbonyl (C=O) groups excluding carboxylic acids is 1. The van der Waals surface area contributed by atoms with Crippen molar-refractivity contribution in [2.24, 2.45) is 5.16 Å². The number of hydrogen-bond acceptors (Lipinski definition) is 3. The molecule has 0 radical (unpaired) electrons. The van der Waals surface area contributed by atoms with Crippen LogP contribution in [0.1, 0.15) is 62.5 Å². The quantitative estimate of drug-likeness (QED) is 0.872. The van der Waals surface area contributed by atoms with Gasteiger partial charge in [-0.3, -0.25) is 0 Å². The fourth-order valence-corrected chi connectivity index (χ4v) is 4.32. The van der Waals surface area contributed by atoms with E-state index in [1.54, 1.807) is 0 Å². The highest BCUT2D eigenvalue weighted by Gasteiger charge is 2.43. The second-order valence-electron chi connectivity index (χ2n) is 8.13. The fraction of sp³-hybridized carbons (Fsp3) is 0.619. The van der Waals surface area contributed by atoms with Gasteiger partial charge in [0.05, 0.1) is 5.71 Å². The molecule has 1 spiro atoms. The van der Waals surface area contributed by atoms with Crippen molar-refractivity contribution in [2.75, 3.05) is 13.1 Å². The van der Waals surface area contributed by atoms with Gasteiger partial charge in [-0.15, -0.1) is 0 Å². The monoisotopic (exact) mass is 355 g/mol. The summed E-state index contributed by atoms with van der Waals surface area (Å²) in [6.45, 7) is 3.58. The minimum Gasteiger partial charge on any atom is -0.388 e. The van der Waals surface area contributed by atoms with E-state index in [0.29, 0.717) is 6.04 Å². The number of oxime groups is 1. The van der Waals surface area contributed by atoms with Crippen molar-refractivity contribution in [1.29, 1.82) is 0 Å². The number of aryl methyl sites for hydroxylation is 1. The molecule has 0 aromatic heterocycles. The molecule has 2 amide bonds. The van der Waals surface area contributed by atoms with Crippen molar-refractivity contribution in [2.45, 2.75) is 69.9 Å². The zero-order chi connectivity index (χ0) is 18.0. The van der Waals surface area contributed by atoms with Crippen LogP contribution in [0.5, 0.6) is 0 Å². The molecule has 1 N–H and O–H groups in total. The molecule has 1 aliphatic carbocycles. The molecule has 2 aliphatic heterocycles. The lowest BCUT2D eigenvalue weighted by Gasteiger charge is -2.38. The normalized spacial score (nSPS) is 22.8. The van der Waals surface area contributed by atoms with Gasteiger partial charge in [0.1, 0.15) is 5.60 Å². The Hall–Kier alpha value is -2.04. The summed E-state index contributed by atoms with van der Waals surface area (Å²) in [6.07, 6.45) is 8.57. The van der Waals surface area contributed by atoms with Crippen LogP contribution in [0.2, 0.25) is 0 Å². The van der Waals surface area contributed by atoms with Gasteiger partial charge in [0, 0.05) is 38.4 Å². The third-order valence-corrected chi connectivity index (χ3v) is 6.12. The minimum absolute atomic E-state index is 0.101. The Labute approximate surface area is 155 Å². The van der Waals surface area contributed by atoms with Crippen molar-refractivity contribution in [1.82, 2.24) is 10.2 Å². The van der Waals surface area contributed by atoms with E-state index in [1.807, 2.05) is 4.90 Å². The number of piperidine rings is 1. The van der Waals surface area contributed by atoms with Crippen LogP contribution in [0.4, 0.5) is 4.79 Å². The first-order valence-electron chi connectivity index (χ1n) is 10.0. The molecule has 1 saturated carbocycles. The topological polar surface area (TPSA) is 53.9 Å². The van der Waals surface area contributed by atoms with Gasteiger partial charge in [0.25, 0.3) is 0 Å². The molecule has 0 unspecified atom stereocenters. The lowest BCUT2D eigenvalue weighted by molar-refractivity contribution is -0.0551. The molecule has 2 fully saturated rings. The van der Waals surface area contributed by atoms with Gasteiger partial charge in [-0.05, 0) is 25.3 Å². The van der Waals surface area contributed by atoms with E-state index in [2.05, 4.69) is 41.7 Å². The molecule has 5 heteroatoms. The molecule has 4 rings (SSSR count). The summed E-state index contributed by atoms with van der Waals surface area (Å²) in [5.74, 6) is 0. The molecule has 5 nitrogen and oxygen atoms in total. The van der Waals surface area contributed by atoms with Crippen LogP contribution in [-0.4, -0.2) is 41.4 Å². The smallest absolute Gasteiger partial charge is 0.317 e. The first-order chi connectivity index (χ1) is 12.6. The number of nitrogens with one attached hydrogen (secondary N) is 1. The average Bonchev–Trinajstić information content (AvgIpc) is 3.07. The average molecular weight is 355 g/mol. The molecule has 26 heavy (non-hydrogen) atoms. The summed E-state index contributed by atoms with van der Waals surface area (Å²) in [6, 6.07) is 8.92. The zero-order valence-corrected chi connectivity index (χ0v) is 15.7. The second-order valence-corrected chi connectivity index (χ2v) is 8.13. The zero-order valence-electron chi connectivity index (χ0n) is 15.7. The van der Waals surface area contributed by atoms with E-state index in [1.165, 1.54) is 24.8 Å². The van der Waals surface area contributed by atoms with Crippen LogP contribution < -0.4 is 5.32 Å². The maximum absolute atomic E-state index is 12.5. The van der Waals surface area contributed by atoms with Gasteiger partial charge in [0.15, 0.2) is 0 Å². The number of urea groups is 1. The highest BCUT2D eigenvalue weighted by atomic mass is 16.7. The number of amides is 2. The van der Waals surface area contributed by atoms with Gasteiger partial charge >= 0.3 is 6.03 Å². The van der Waals surface area contributed by atoms with Crippen LogP contribution in [-0.2, 0) is 4.84 Å². The predicted molar refractivity (Wildman–Crippen MR) is 102 cm³/mol. The van der Waals surface area contributed by atoms with E-state index in [-0.39, 0.29) is 11.6 Å². The third-order valence-electron chi connectivity index (χ3n) is 6.12. The Kier molecular flexibility index (Phi) is 4.88. The number of nitrogens with zero attached hydrogens (tertiary/aromatic N) is 2. The van der Waals surface area contributed by atoms with Crippen LogP contribution in [0, 0.1) is 6.92 Å². The molecule has 140 valence electrons. The number of carbonyl (C=O) groups is 1. The Morgan fingerprint density at radius 1 is 1.15 bits per heavy atom. The molecule has 1 aromatic rings. The van der Waals surface area contributed by atoms with Gasteiger partial charge in [-0.1, -0.05) is 54.2 Å². The highest BCUT2D eigenvalue weighted by molar-refractivity contribution is 6.01. The van der Waals surface area contributed by atoms with Crippen molar-refractivity contribution < 1.29 is 9.63 Å². The summed E-state index contributed by atoms with van der Waals surface area (Å²) in [5, 5.41) is 7.60. The third kappa shape index (κ3) is 3.71. The molecule has 0 atom stereocenters. The first kappa shape index (κ1) is 17.4. The minimum atomic E-state index is -0.220. The first-order valence-corrected chi connectivity index (χ1v) is 10.0. The van der Waals surface area contributed by atoms with Crippen molar-refractivity contribution in [3.05, 3.63) is 35.4 Å². The lowest BCUT2D eigenvalue weighted by atomic mass is 9.85. The number of benzene rings is 1. The summed E-state index contributed by atoms with van der Waals surface area (Å²) >= 11 is 0. The summed E-state index contributed by atoms with van der Waals surface area (Å²) < 4.78 is 0. The van der Waals surface area contributed by atoms with Crippen LogP contribution >= 0.6 is 0 Å². The Balaban J connectivity index is 1.29. The molecule has 2 heterocycles. The van der Waals surface area contributed by atoms with E-state index in [9.17, 15) is 4.79 Å². The van der Waals surface area contributed by atoms with E-state index >= 15 is 0 Å². The van der Waals surface area contributed by atoms with Crippen LogP contribution in [0.3, 0.4) is 0 Å². The van der Waals surface area contributed by atoms with Gasteiger partial charge in [-0.2, -0.15) is 0 Å². The highest BCUT2D eigenvalue weighted by Crippen LogP contribution is 2.36. The van der Waals surface area contributed by atoms with Crippen molar-refractivity contribution >= 4 is 11.7 Å². The van der Waals surface area contributed by atoms with E-state index in [0.717, 1.165) is 56.5 Å². The SMILES string of the molecule is Cc1ccc(C2=NOC3(CCN(C(=O)NC4CCCCC4)CC3)C2)cc1. The molecule has 3 aliphatic rings. The fourth-order valence-electron chi connectivity index (χ4n) is 4.32. The van der Waals surface area contributed by atoms with Gasteiger partial charge in [-0.25, -0.2) is 4.79 Å². The predicted octanol–water partition coefficient (Wildman–Crippen LogP) is 4.00. The number of rotatable bonds is 2. The summed E-state index contributed by atoms with van der Waals surface area (Å²) in [4.78, 5) is 20.4. The van der Waals surface area contributed by atoms with Crippen LogP contribution in [0.15, 0.2) is 29.4 Å². The Bertz CT molecular complexity index is 669. The maximum Gasteiger partial charge on any atom is 0.317 e. The van der Waals surface area contributed by atoms with Crippen molar-refractivity contribution in [3.63, 3.8) is 0 Å². The van der Waals surface area contributed by atoms with Crippen LogP contribution in [0.25, 0.3) is 0 Å². The molecule has 1 aromatic carbocycles. The summed E-state index contributed by atoms with van der Waals surface area (Å²) in [5.41, 5.74) is 3.21. The summed E-state index contributed by atoms with van der Waals surface area (Å²) in [7, 11) is 0. The standard InChI is InChI=1S/C21H29N3O2/c1-16-7-9-17(10-8-16)19-15-21(26-23-19)11-13-24(14-12-21)20(25)22-18-5-3-2-4-6-18/h7-10,18H,2-6,11-15H2,1H3,(H,22,25). The van der Waals surface area contributed by atoms with E-state index in [4.69, 9.17) is 4.84 Å². The van der Waals surface area contributed by atoms with Gasteiger partial charge in [0.2, 0.25) is 0 Å². The second kappa shape index (κ2) is 7.29. The molecular weight excluding hydrogens is 326 g/mol. The largest absolute Gasteiger partial charge is 0.388 e. The molecule has 1 saturated heterocycles. The Morgan fingerprint density at radius 3 is 2.54 bits per heavy atom. The van der Waals surface area contributed by atoms with E-state index < -0.39 is 0 Å². The molecular formula is C21H29N3O2. The number of likely N-dealkylation sites (tertiary alicyclic amines) is 1. The van der Waals surface area contributed by atoms with Crippen molar-refractivity contribution in [3.8, 4) is 0 Å². The van der Waals surface area contributed by atoms with Gasteiger partial charge < -0.3 is 15.1 Å². The Morgan fingerprint density at radius 2 is 1.85 bits per heavy atom. The lowest BCUT2D eigenvalue weighted by Crippen LogP contribution is -2.52. The number of hydrogen-bond donors (Lipinski definition) is 1. The molecule has 0 bridgehead atoms.